The molecule has 0 saturated carbocycles. The monoisotopic (exact) mass is 254 g/mol. The third-order valence-electron chi connectivity index (χ3n) is 2.90. The lowest BCUT2D eigenvalue weighted by molar-refractivity contribution is 0.237. The standard InChI is InChI=1S/C17H18O2/c1-14(16-8-10-17(18-2)11-9-16)12-19-13-15-6-4-3-5-7-15/h3-12H,13H2,1-2H3/b14-12+. The third kappa shape index (κ3) is 3.88. The fourth-order valence-electron chi connectivity index (χ4n) is 1.76. The van der Waals surface area contributed by atoms with Gasteiger partial charge in [0.1, 0.15) is 12.4 Å². The van der Waals surface area contributed by atoms with Gasteiger partial charge in [-0.05, 0) is 35.8 Å². The Balaban J connectivity index is 1.94. The Kier molecular flexibility index (Phi) is 4.62. The van der Waals surface area contributed by atoms with Gasteiger partial charge in [-0.3, -0.25) is 0 Å². The zero-order valence-electron chi connectivity index (χ0n) is 11.3. The molecular weight excluding hydrogens is 236 g/mol. The van der Waals surface area contributed by atoms with Gasteiger partial charge in [-0.25, -0.2) is 0 Å². The van der Waals surface area contributed by atoms with Crippen LogP contribution in [0.1, 0.15) is 18.1 Å². The van der Waals surface area contributed by atoms with Crippen molar-refractivity contribution >= 4 is 5.57 Å². The van der Waals surface area contributed by atoms with Crippen molar-refractivity contribution in [2.75, 3.05) is 7.11 Å². The summed E-state index contributed by atoms with van der Waals surface area (Å²) in [7, 11) is 1.67. The molecule has 0 atom stereocenters. The maximum Gasteiger partial charge on any atom is 0.118 e. The molecule has 0 N–H and O–H groups in total. The van der Waals surface area contributed by atoms with Crippen LogP contribution in [0.5, 0.6) is 5.75 Å². The highest BCUT2D eigenvalue weighted by molar-refractivity contribution is 5.63. The molecule has 0 radical (unpaired) electrons. The summed E-state index contributed by atoms with van der Waals surface area (Å²) < 4.78 is 10.7. The lowest BCUT2D eigenvalue weighted by Gasteiger charge is -2.05. The summed E-state index contributed by atoms with van der Waals surface area (Å²) in [6.07, 6.45) is 1.80. The van der Waals surface area contributed by atoms with Crippen molar-refractivity contribution in [2.45, 2.75) is 13.5 Å². The molecule has 0 amide bonds. The van der Waals surface area contributed by atoms with Crippen LogP contribution >= 0.6 is 0 Å². The Morgan fingerprint density at radius 1 is 1.00 bits per heavy atom. The number of methoxy groups -OCH3 is 1. The van der Waals surface area contributed by atoms with Crippen LogP contribution in [-0.4, -0.2) is 7.11 Å². The zero-order valence-corrected chi connectivity index (χ0v) is 11.3. The van der Waals surface area contributed by atoms with Gasteiger partial charge < -0.3 is 9.47 Å². The first-order valence-electron chi connectivity index (χ1n) is 6.26. The number of allylic oxidation sites excluding steroid dienone is 1. The topological polar surface area (TPSA) is 18.5 Å². The summed E-state index contributed by atoms with van der Waals surface area (Å²) in [4.78, 5) is 0. The van der Waals surface area contributed by atoms with E-state index in [1.54, 1.807) is 13.4 Å². The van der Waals surface area contributed by atoms with Crippen molar-refractivity contribution in [1.82, 2.24) is 0 Å². The Hall–Kier alpha value is -2.22. The predicted molar refractivity (Wildman–Crippen MR) is 77.9 cm³/mol. The minimum absolute atomic E-state index is 0.592. The van der Waals surface area contributed by atoms with Crippen LogP contribution in [0.15, 0.2) is 60.9 Å². The second kappa shape index (κ2) is 6.64. The van der Waals surface area contributed by atoms with Crippen molar-refractivity contribution in [2.24, 2.45) is 0 Å². The molecule has 98 valence electrons. The lowest BCUT2D eigenvalue weighted by atomic mass is 10.1. The first-order valence-corrected chi connectivity index (χ1v) is 6.26. The Labute approximate surface area is 114 Å². The molecule has 0 fully saturated rings. The number of hydrogen-bond donors (Lipinski definition) is 0. The van der Waals surface area contributed by atoms with Gasteiger partial charge in [0.05, 0.1) is 13.4 Å². The lowest BCUT2D eigenvalue weighted by Crippen LogP contribution is -1.88. The van der Waals surface area contributed by atoms with Gasteiger partial charge in [-0.15, -0.1) is 0 Å². The van der Waals surface area contributed by atoms with E-state index in [9.17, 15) is 0 Å². The number of benzene rings is 2. The van der Waals surface area contributed by atoms with Gasteiger partial charge in [0.15, 0.2) is 0 Å². The van der Waals surface area contributed by atoms with Crippen LogP contribution in [0, 0.1) is 0 Å². The summed E-state index contributed by atoms with van der Waals surface area (Å²) in [6.45, 7) is 2.63. The quantitative estimate of drug-likeness (QED) is 0.742. The molecule has 0 aromatic heterocycles. The molecule has 0 bridgehead atoms. The molecule has 0 heterocycles. The van der Waals surface area contributed by atoms with E-state index in [0.29, 0.717) is 6.61 Å². The van der Waals surface area contributed by atoms with Gasteiger partial charge in [0, 0.05) is 0 Å². The Bertz CT molecular complexity index is 527. The van der Waals surface area contributed by atoms with E-state index in [4.69, 9.17) is 9.47 Å². The molecule has 2 nitrogen and oxygen atoms in total. The number of ether oxygens (including phenoxy) is 2. The molecule has 0 aliphatic carbocycles. The van der Waals surface area contributed by atoms with Crippen LogP contribution in [0.3, 0.4) is 0 Å². The first-order chi connectivity index (χ1) is 9.29. The summed E-state index contributed by atoms with van der Waals surface area (Å²) >= 11 is 0. The molecule has 0 saturated heterocycles. The fourth-order valence-corrected chi connectivity index (χ4v) is 1.76. The van der Waals surface area contributed by atoms with Crippen LogP contribution in [0.2, 0.25) is 0 Å². The van der Waals surface area contributed by atoms with Gasteiger partial charge in [-0.2, -0.15) is 0 Å². The van der Waals surface area contributed by atoms with Crippen molar-refractivity contribution in [3.8, 4) is 5.75 Å². The average Bonchev–Trinajstić information content (AvgIpc) is 2.48. The number of rotatable bonds is 5. The Morgan fingerprint density at radius 2 is 1.68 bits per heavy atom. The van der Waals surface area contributed by atoms with E-state index in [1.165, 1.54) is 5.56 Å². The van der Waals surface area contributed by atoms with E-state index in [0.717, 1.165) is 16.9 Å². The second-order valence-electron chi connectivity index (χ2n) is 4.33. The predicted octanol–water partition coefficient (Wildman–Crippen LogP) is 4.27. The molecule has 0 aliphatic rings. The van der Waals surface area contributed by atoms with Crippen molar-refractivity contribution in [3.63, 3.8) is 0 Å². The highest BCUT2D eigenvalue weighted by atomic mass is 16.5. The van der Waals surface area contributed by atoms with Gasteiger partial charge >= 0.3 is 0 Å². The molecular formula is C17H18O2. The van der Waals surface area contributed by atoms with Gasteiger partial charge in [0.2, 0.25) is 0 Å². The summed E-state index contributed by atoms with van der Waals surface area (Å²) in [5, 5.41) is 0. The minimum Gasteiger partial charge on any atom is -0.497 e. The van der Waals surface area contributed by atoms with Crippen LogP contribution < -0.4 is 4.74 Å². The van der Waals surface area contributed by atoms with Crippen LogP contribution in [0.25, 0.3) is 5.57 Å². The van der Waals surface area contributed by atoms with Crippen molar-refractivity contribution in [3.05, 3.63) is 72.0 Å². The Morgan fingerprint density at radius 3 is 2.32 bits per heavy atom. The van der Waals surface area contributed by atoms with E-state index in [-0.39, 0.29) is 0 Å². The normalized spacial score (nSPS) is 11.2. The summed E-state index contributed by atoms with van der Waals surface area (Å²) in [5.74, 6) is 0.863. The largest absolute Gasteiger partial charge is 0.497 e. The van der Waals surface area contributed by atoms with E-state index in [1.807, 2.05) is 49.4 Å². The van der Waals surface area contributed by atoms with Crippen LogP contribution in [0.4, 0.5) is 0 Å². The van der Waals surface area contributed by atoms with Crippen molar-refractivity contribution in [1.29, 1.82) is 0 Å². The molecule has 0 unspecified atom stereocenters. The zero-order chi connectivity index (χ0) is 13.5. The molecule has 19 heavy (non-hydrogen) atoms. The first kappa shape index (κ1) is 13.2. The van der Waals surface area contributed by atoms with E-state index >= 15 is 0 Å². The summed E-state index contributed by atoms with van der Waals surface area (Å²) in [6, 6.07) is 18.1. The van der Waals surface area contributed by atoms with Gasteiger partial charge in [0.25, 0.3) is 0 Å². The number of hydrogen-bond acceptors (Lipinski definition) is 2. The van der Waals surface area contributed by atoms with E-state index < -0.39 is 0 Å². The molecule has 0 aliphatic heterocycles. The maximum absolute atomic E-state index is 5.60. The second-order valence-corrected chi connectivity index (χ2v) is 4.33. The third-order valence-corrected chi connectivity index (χ3v) is 2.90. The minimum atomic E-state index is 0.592. The highest BCUT2D eigenvalue weighted by Gasteiger charge is 1.97. The summed E-state index contributed by atoms with van der Waals surface area (Å²) in [5.41, 5.74) is 3.40. The average molecular weight is 254 g/mol. The SMILES string of the molecule is COc1ccc(/C(C)=C/OCc2ccccc2)cc1. The maximum atomic E-state index is 5.60. The molecule has 2 rings (SSSR count). The molecule has 2 aromatic carbocycles. The fraction of sp³-hybridized carbons (Fsp3) is 0.176. The van der Waals surface area contributed by atoms with E-state index in [2.05, 4.69) is 12.1 Å². The molecule has 2 heteroatoms. The van der Waals surface area contributed by atoms with Crippen LogP contribution in [-0.2, 0) is 11.3 Å². The van der Waals surface area contributed by atoms with Crippen molar-refractivity contribution < 1.29 is 9.47 Å². The highest BCUT2D eigenvalue weighted by Crippen LogP contribution is 2.18. The molecule has 2 aromatic rings. The smallest absolute Gasteiger partial charge is 0.118 e. The molecule has 0 spiro atoms. The van der Waals surface area contributed by atoms with Gasteiger partial charge in [-0.1, -0.05) is 42.5 Å².